The number of pyridine rings is 1. The molecular weight excluding hydrogens is 305 g/mol. The molecule has 0 aliphatic heterocycles. The van der Waals surface area contributed by atoms with Crippen molar-refractivity contribution in [3.05, 3.63) is 54.0 Å². The summed E-state index contributed by atoms with van der Waals surface area (Å²) in [6, 6.07) is 10.1. The second-order valence-corrected chi connectivity index (χ2v) is 6.40. The molecule has 0 bridgehead atoms. The van der Waals surface area contributed by atoms with E-state index in [1.807, 2.05) is 43.5 Å². The summed E-state index contributed by atoms with van der Waals surface area (Å²) in [6.45, 7) is 5.96. The zero-order chi connectivity index (χ0) is 17.3. The van der Waals surface area contributed by atoms with Gasteiger partial charge in [-0.3, -0.25) is 9.20 Å². The largest absolute Gasteiger partial charge is 0.310 e. The molecule has 0 spiro atoms. The van der Waals surface area contributed by atoms with E-state index in [1.54, 1.807) is 12.1 Å². The van der Waals surface area contributed by atoms with Crippen LogP contribution in [0.5, 0.6) is 0 Å². The van der Waals surface area contributed by atoms with Crippen molar-refractivity contribution in [2.45, 2.75) is 27.2 Å². The average molecular weight is 325 g/mol. The molecule has 1 amide bonds. The Morgan fingerprint density at radius 3 is 2.79 bits per heavy atom. The number of carbonyl (C=O) groups is 1. The molecule has 24 heavy (non-hydrogen) atoms. The number of aryl methyl sites for hydroxylation is 1. The Hall–Kier alpha value is -2.69. The van der Waals surface area contributed by atoms with E-state index >= 15 is 0 Å². The van der Waals surface area contributed by atoms with Crippen LogP contribution in [0.4, 0.5) is 10.2 Å². The highest BCUT2D eigenvalue weighted by Crippen LogP contribution is 2.29. The van der Waals surface area contributed by atoms with Gasteiger partial charge in [0.25, 0.3) is 0 Å². The summed E-state index contributed by atoms with van der Waals surface area (Å²) in [5.74, 6) is 0.413. The van der Waals surface area contributed by atoms with Gasteiger partial charge in [-0.15, -0.1) is 0 Å². The van der Waals surface area contributed by atoms with Gasteiger partial charge >= 0.3 is 0 Å². The first-order valence-electron chi connectivity index (χ1n) is 7.98. The van der Waals surface area contributed by atoms with Gasteiger partial charge in [-0.05, 0) is 42.7 Å². The zero-order valence-electron chi connectivity index (χ0n) is 14.0. The third-order valence-electron chi connectivity index (χ3n) is 3.73. The summed E-state index contributed by atoms with van der Waals surface area (Å²) in [6.07, 6.45) is 2.28. The number of hydrogen-bond acceptors (Lipinski definition) is 2. The van der Waals surface area contributed by atoms with Gasteiger partial charge in [-0.1, -0.05) is 26.0 Å². The number of halogens is 1. The van der Waals surface area contributed by atoms with Crippen molar-refractivity contribution in [1.29, 1.82) is 0 Å². The number of benzene rings is 1. The van der Waals surface area contributed by atoms with Crippen LogP contribution in [0.3, 0.4) is 0 Å². The van der Waals surface area contributed by atoms with Crippen molar-refractivity contribution in [3.8, 4) is 11.3 Å². The number of aromatic nitrogens is 2. The highest BCUT2D eigenvalue weighted by Gasteiger charge is 2.17. The van der Waals surface area contributed by atoms with Crippen molar-refractivity contribution >= 4 is 17.4 Å². The quantitative estimate of drug-likeness (QED) is 0.771. The molecule has 0 fully saturated rings. The molecule has 0 aliphatic carbocycles. The predicted octanol–water partition coefficient (Wildman–Crippen LogP) is 4.43. The predicted molar refractivity (Wildman–Crippen MR) is 93.4 cm³/mol. The van der Waals surface area contributed by atoms with Gasteiger partial charge in [-0.25, -0.2) is 9.37 Å². The van der Waals surface area contributed by atoms with Crippen molar-refractivity contribution in [3.63, 3.8) is 0 Å². The van der Waals surface area contributed by atoms with E-state index in [9.17, 15) is 9.18 Å². The number of imidazole rings is 1. The molecule has 0 saturated carbocycles. The molecule has 0 saturated heterocycles. The fourth-order valence-electron chi connectivity index (χ4n) is 2.66. The SMILES string of the molecule is Cc1ccn2c(NC(=O)CC(C)C)c(-c3cccc(F)c3)nc2c1. The van der Waals surface area contributed by atoms with Gasteiger partial charge in [0.05, 0.1) is 0 Å². The smallest absolute Gasteiger partial charge is 0.225 e. The van der Waals surface area contributed by atoms with Crippen LogP contribution in [0.15, 0.2) is 42.6 Å². The van der Waals surface area contributed by atoms with Crippen LogP contribution in [0.25, 0.3) is 16.9 Å². The van der Waals surface area contributed by atoms with Gasteiger partial charge in [0, 0.05) is 18.2 Å². The van der Waals surface area contributed by atoms with Crippen LogP contribution >= 0.6 is 0 Å². The number of anilines is 1. The number of rotatable bonds is 4. The van der Waals surface area contributed by atoms with Gasteiger partial charge < -0.3 is 5.32 Å². The van der Waals surface area contributed by atoms with Crippen LogP contribution in [-0.4, -0.2) is 15.3 Å². The molecule has 0 radical (unpaired) electrons. The Morgan fingerprint density at radius 1 is 1.29 bits per heavy atom. The zero-order valence-corrected chi connectivity index (χ0v) is 14.0. The molecule has 124 valence electrons. The molecule has 3 rings (SSSR count). The number of carbonyl (C=O) groups excluding carboxylic acids is 1. The molecule has 5 heteroatoms. The molecule has 1 aromatic carbocycles. The lowest BCUT2D eigenvalue weighted by atomic mass is 10.1. The summed E-state index contributed by atoms with van der Waals surface area (Å²) in [5, 5.41) is 2.94. The standard InChI is InChI=1S/C19H20FN3O/c1-12(2)9-17(24)22-19-18(14-5-4-6-15(20)11-14)21-16-10-13(3)7-8-23(16)19/h4-8,10-12H,9H2,1-3H3,(H,22,24). The number of nitrogens with one attached hydrogen (secondary N) is 1. The maximum atomic E-state index is 13.6. The van der Waals surface area contributed by atoms with E-state index in [2.05, 4.69) is 10.3 Å². The molecule has 2 aromatic heterocycles. The van der Waals surface area contributed by atoms with Gasteiger partial charge in [0.1, 0.15) is 23.0 Å². The van der Waals surface area contributed by atoms with Crippen LogP contribution in [0, 0.1) is 18.7 Å². The maximum Gasteiger partial charge on any atom is 0.225 e. The number of hydrogen-bond donors (Lipinski definition) is 1. The summed E-state index contributed by atoms with van der Waals surface area (Å²) in [7, 11) is 0. The molecule has 4 nitrogen and oxygen atoms in total. The van der Waals surface area contributed by atoms with Crippen LogP contribution in [0.2, 0.25) is 0 Å². The first-order valence-corrected chi connectivity index (χ1v) is 7.98. The molecule has 1 N–H and O–H groups in total. The highest BCUT2D eigenvalue weighted by atomic mass is 19.1. The van der Waals surface area contributed by atoms with E-state index < -0.39 is 0 Å². The second kappa shape index (κ2) is 6.43. The molecular formula is C19H20FN3O. The molecule has 0 atom stereocenters. The minimum atomic E-state index is -0.333. The topological polar surface area (TPSA) is 46.4 Å². The lowest BCUT2D eigenvalue weighted by Crippen LogP contribution is -2.15. The molecule has 3 aromatic rings. The Balaban J connectivity index is 2.13. The third kappa shape index (κ3) is 3.30. The van der Waals surface area contributed by atoms with E-state index in [0.29, 0.717) is 29.1 Å². The summed E-state index contributed by atoms with van der Waals surface area (Å²) < 4.78 is 15.4. The summed E-state index contributed by atoms with van der Waals surface area (Å²) in [4.78, 5) is 16.9. The Labute approximate surface area is 140 Å². The van der Waals surface area contributed by atoms with Crippen molar-refractivity contribution in [1.82, 2.24) is 9.38 Å². The second-order valence-electron chi connectivity index (χ2n) is 6.40. The Bertz CT molecular complexity index is 899. The van der Waals surface area contributed by atoms with Crippen LogP contribution in [-0.2, 0) is 4.79 Å². The lowest BCUT2D eigenvalue weighted by Gasteiger charge is -2.09. The van der Waals surface area contributed by atoms with Gasteiger partial charge in [0.15, 0.2) is 0 Å². The highest BCUT2D eigenvalue weighted by molar-refractivity contribution is 5.94. The fourth-order valence-corrected chi connectivity index (χ4v) is 2.66. The van der Waals surface area contributed by atoms with Gasteiger partial charge in [-0.2, -0.15) is 0 Å². The molecule has 0 unspecified atom stereocenters. The van der Waals surface area contributed by atoms with E-state index in [0.717, 1.165) is 5.56 Å². The first kappa shape index (κ1) is 16.2. The van der Waals surface area contributed by atoms with Crippen molar-refractivity contribution in [2.75, 3.05) is 5.32 Å². The van der Waals surface area contributed by atoms with Crippen molar-refractivity contribution < 1.29 is 9.18 Å². The number of amides is 1. The normalized spacial score (nSPS) is 11.2. The van der Waals surface area contributed by atoms with Crippen LogP contribution in [0.1, 0.15) is 25.8 Å². The average Bonchev–Trinajstić information content (AvgIpc) is 2.84. The minimum Gasteiger partial charge on any atom is -0.310 e. The maximum absolute atomic E-state index is 13.6. The summed E-state index contributed by atoms with van der Waals surface area (Å²) in [5.41, 5.74) is 2.99. The van der Waals surface area contributed by atoms with E-state index in [-0.39, 0.29) is 17.6 Å². The lowest BCUT2D eigenvalue weighted by molar-refractivity contribution is -0.116. The number of nitrogens with zero attached hydrogens (tertiary/aromatic N) is 2. The molecule has 0 aliphatic rings. The first-order chi connectivity index (χ1) is 11.4. The Morgan fingerprint density at radius 2 is 2.08 bits per heavy atom. The Kier molecular flexibility index (Phi) is 4.34. The van der Waals surface area contributed by atoms with E-state index in [4.69, 9.17) is 0 Å². The summed E-state index contributed by atoms with van der Waals surface area (Å²) >= 11 is 0. The van der Waals surface area contributed by atoms with Gasteiger partial charge in [0.2, 0.25) is 5.91 Å². The fraction of sp³-hybridized carbons (Fsp3) is 0.263. The van der Waals surface area contributed by atoms with E-state index in [1.165, 1.54) is 12.1 Å². The molecule has 2 heterocycles. The third-order valence-corrected chi connectivity index (χ3v) is 3.73. The van der Waals surface area contributed by atoms with Crippen molar-refractivity contribution in [2.24, 2.45) is 5.92 Å². The number of fused-ring (bicyclic) bond motifs is 1. The van der Waals surface area contributed by atoms with Crippen LogP contribution < -0.4 is 5.32 Å². The minimum absolute atomic E-state index is 0.0787. The monoisotopic (exact) mass is 325 g/mol.